The fourth-order valence-corrected chi connectivity index (χ4v) is 1.85. The number of ketones is 1. The summed E-state index contributed by atoms with van der Waals surface area (Å²) < 4.78 is 0. The van der Waals surface area contributed by atoms with Gasteiger partial charge in [-0.3, -0.25) is 4.79 Å². The minimum Gasteiger partial charge on any atom is -0.329 e. The second kappa shape index (κ2) is 6.99. The molecule has 2 heteroatoms. The van der Waals surface area contributed by atoms with Gasteiger partial charge < -0.3 is 5.73 Å². The van der Waals surface area contributed by atoms with E-state index in [0.717, 1.165) is 25.7 Å². The van der Waals surface area contributed by atoms with Crippen LogP contribution in [-0.4, -0.2) is 12.3 Å². The summed E-state index contributed by atoms with van der Waals surface area (Å²) in [5, 5.41) is 0. The molecule has 0 radical (unpaired) electrons. The van der Waals surface area contributed by atoms with Gasteiger partial charge in [0.15, 0.2) is 0 Å². The highest BCUT2D eigenvalue weighted by Crippen LogP contribution is 2.28. The van der Waals surface area contributed by atoms with Crippen LogP contribution in [0.3, 0.4) is 0 Å². The van der Waals surface area contributed by atoms with E-state index in [0.29, 0.717) is 18.7 Å². The van der Waals surface area contributed by atoms with Crippen LogP contribution in [0.25, 0.3) is 0 Å². The first-order valence-electron chi connectivity index (χ1n) is 5.90. The number of unbranched alkanes of at least 4 members (excludes halogenated alkanes) is 2. The van der Waals surface area contributed by atoms with Crippen molar-refractivity contribution in [2.24, 2.45) is 11.1 Å². The van der Waals surface area contributed by atoms with Gasteiger partial charge in [0.1, 0.15) is 5.78 Å². The fraction of sp³-hybridized carbons (Fsp3) is 0.917. The van der Waals surface area contributed by atoms with Crippen molar-refractivity contribution >= 4 is 5.78 Å². The van der Waals surface area contributed by atoms with E-state index in [1.54, 1.807) is 0 Å². The Morgan fingerprint density at radius 3 is 2.07 bits per heavy atom. The summed E-state index contributed by atoms with van der Waals surface area (Å²) in [4.78, 5) is 12.0. The number of hydrogen-bond donors (Lipinski definition) is 1. The van der Waals surface area contributed by atoms with Crippen LogP contribution in [-0.2, 0) is 4.79 Å². The van der Waals surface area contributed by atoms with Gasteiger partial charge >= 0.3 is 0 Å². The van der Waals surface area contributed by atoms with Crippen LogP contribution >= 0.6 is 0 Å². The van der Waals surface area contributed by atoms with Crippen molar-refractivity contribution < 1.29 is 4.79 Å². The Balaban J connectivity index is 4.15. The van der Waals surface area contributed by atoms with Crippen molar-refractivity contribution in [1.29, 1.82) is 0 Å². The molecule has 0 spiro atoms. The smallest absolute Gasteiger partial charge is 0.140 e. The third kappa shape index (κ3) is 3.41. The van der Waals surface area contributed by atoms with Crippen LogP contribution in [0, 0.1) is 5.41 Å². The summed E-state index contributed by atoms with van der Waals surface area (Å²) in [7, 11) is 0. The normalized spacial score (nSPS) is 11.7. The number of carbonyl (C=O) groups is 1. The lowest BCUT2D eigenvalue weighted by Gasteiger charge is -2.28. The SMILES string of the molecule is CCCCCC(=O)C(CC)(CC)CN. The molecule has 0 unspecified atom stereocenters. The standard InChI is InChI=1S/C12H25NO/c1-4-7-8-9-11(14)12(5-2,6-3)10-13/h4-10,13H2,1-3H3. The van der Waals surface area contributed by atoms with E-state index in [-0.39, 0.29) is 5.41 Å². The quantitative estimate of drug-likeness (QED) is 0.611. The van der Waals surface area contributed by atoms with Gasteiger partial charge in [-0.25, -0.2) is 0 Å². The highest BCUT2D eigenvalue weighted by molar-refractivity contribution is 5.84. The molecular formula is C12H25NO. The van der Waals surface area contributed by atoms with E-state index >= 15 is 0 Å². The molecule has 0 aromatic rings. The zero-order chi connectivity index (χ0) is 11.0. The maximum absolute atomic E-state index is 12.0. The molecule has 0 atom stereocenters. The largest absolute Gasteiger partial charge is 0.329 e. The summed E-state index contributed by atoms with van der Waals surface area (Å²) in [6.07, 6.45) is 5.82. The molecule has 0 saturated carbocycles. The van der Waals surface area contributed by atoms with Gasteiger partial charge in [0.25, 0.3) is 0 Å². The zero-order valence-corrected chi connectivity index (χ0v) is 9.94. The lowest BCUT2D eigenvalue weighted by molar-refractivity contribution is -0.128. The zero-order valence-electron chi connectivity index (χ0n) is 9.94. The molecule has 0 amide bonds. The summed E-state index contributed by atoms with van der Waals surface area (Å²) in [5.41, 5.74) is 5.48. The van der Waals surface area contributed by atoms with Crippen LogP contribution in [0.5, 0.6) is 0 Å². The van der Waals surface area contributed by atoms with Crippen molar-refractivity contribution in [3.8, 4) is 0 Å². The van der Waals surface area contributed by atoms with Gasteiger partial charge in [0, 0.05) is 18.4 Å². The van der Waals surface area contributed by atoms with Crippen molar-refractivity contribution in [2.45, 2.75) is 59.3 Å². The van der Waals surface area contributed by atoms with E-state index in [4.69, 9.17) is 5.73 Å². The Bertz CT molecular complexity index is 153. The Hall–Kier alpha value is -0.370. The molecule has 0 fully saturated rings. The van der Waals surface area contributed by atoms with Crippen LogP contribution in [0.2, 0.25) is 0 Å². The van der Waals surface area contributed by atoms with Crippen LogP contribution in [0.15, 0.2) is 0 Å². The second-order valence-corrected chi connectivity index (χ2v) is 4.07. The predicted octanol–water partition coefficient (Wildman–Crippen LogP) is 2.90. The highest BCUT2D eigenvalue weighted by atomic mass is 16.1. The number of rotatable bonds is 8. The highest BCUT2D eigenvalue weighted by Gasteiger charge is 2.31. The van der Waals surface area contributed by atoms with Crippen molar-refractivity contribution in [3.05, 3.63) is 0 Å². The number of carbonyl (C=O) groups excluding carboxylic acids is 1. The minimum atomic E-state index is -0.228. The molecule has 0 aliphatic heterocycles. The average molecular weight is 199 g/mol. The average Bonchev–Trinajstić information content (AvgIpc) is 2.22. The Labute approximate surface area is 88.3 Å². The summed E-state index contributed by atoms with van der Waals surface area (Å²) >= 11 is 0. The molecule has 2 nitrogen and oxygen atoms in total. The first-order chi connectivity index (χ1) is 6.66. The summed E-state index contributed by atoms with van der Waals surface area (Å²) in [5.74, 6) is 0.374. The van der Waals surface area contributed by atoms with Gasteiger partial charge in [-0.15, -0.1) is 0 Å². The van der Waals surface area contributed by atoms with E-state index < -0.39 is 0 Å². The third-order valence-corrected chi connectivity index (χ3v) is 3.34. The van der Waals surface area contributed by atoms with Crippen LogP contribution in [0.4, 0.5) is 0 Å². The summed E-state index contributed by atoms with van der Waals surface area (Å²) in [6, 6.07) is 0. The number of nitrogens with two attached hydrogens (primary N) is 1. The van der Waals surface area contributed by atoms with Gasteiger partial charge in [-0.2, -0.15) is 0 Å². The molecule has 2 N–H and O–H groups in total. The molecular weight excluding hydrogens is 174 g/mol. The molecule has 0 bridgehead atoms. The van der Waals surface area contributed by atoms with Crippen molar-refractivity contribution in [2.75, 3.05) is 6.54 Å². The van der Waals surface area contributed by atoms with Gasteiger partial charge in [0.05, 0.1) is 0 Å². The molecule has 0 aromatic heterocycles. The number of hydrogen-bond acceptors (Lipinski definition) is 2. The number of Topliss-reactive ketones (excluding diaryl/α,β-unsaturated/α-hetero) is 1. The second-order valence-electron chi connectivity index (χ2n) is 4.07. The molecule has 0 aliphatic rings. The van der Waals surface area contributed by atoms with Crippen molar-refractivity contribution in [3.63, 3.8) is 0 Å². The van der Waals surface area contributed by atoms with E-state index in [1.165, 1.54) is 6.42 Å². The topological polar surface area (TPSA) is 43.1 Å². The lowest BCUT2D eigenvalue weighted by atomic mass is 9.76. The third-order valence-electron chi connectivity index (χ3n) is 3.34. The minimum absolute atomic E-state index is 0.228. The van der Waals surface area contributed by atoms with E-state index in [9.17, 15) is 4.79 Å². The molecule has 0 heterocycles. The Morgan fingerprint density at radius 2 is 1.71 bits per heavy atom. The predicted molar refractivity (Wildman–Crippen MR) is 61.2 cm³/mol. The van der Waals surface area contributed by atoms with Gasteiger partial charge in [-0.05, 0) is 19.3 Å². The molecule has 0 saturated heterocycles. The molecule has 0 aromatic carbocycles. The van der Waals surface area contributed by atoms with Gasteiger partial charge in [-0.1, -0.05) is 33.6 Å². The Kier molecular flexibility index (Phi) is 6.81. The maximum Gasteiger partial charge on any atom is 0.140 e. The van der Waals surface area contributed by atoms with Crippen LogP contribution in [0.1, 0.15) is 59.3 Å². The molecule has 14 heavy (non-hydrogen) atoms. The van der Waals surface area contributed by atoms with Gasteiger partial charge in [0.2, 0.25) is 0 Å². The van der Waals surface area contributed by atoms with E-state index in [1.807, 2.05) is 0 Å². The summed E-state index contributed by atoms with van der Waals surface area (Å²) in [6.45, 7) is 6.79. The molecule has 0 rings (SSSR count). The lowest BCUT2D eigenvalue weighted by Crippen LogP contribution is -2.37. The van der Waals surface area contributed by atoms with E-state index in [2.05, 4.69) is 20.8 Å². The Morgan fingerprint density at radius 1 is 1.14 bits per heavy atom. The molecule has 84 valence electrons. The fourth-order valence-electron chi connectivity index (χ4n) is 1.85. The van der Waals surface area contributed by atoms with Crippen LogP contribution < -0.4 is 5.73 Å². The first kappa shape index (κ1) is 13.6. The van der Waals surface area contributed by atoms with Crippen molar-refractivity contribution in [1.82, 2.24) is 0 Å². The monoisotopic (exact) mass is 199 g/mol. The molecule has 0 aliphatic carbocycles. The first-order valence-corrected chi connectivity index (χ1v) is 5.90. The maximum atomic E-state index is 12.0.